The van der Waals surface area contributed by atoms with Gasteiger partial charge in [-0.05, 0) is 37.1 Å². The first-order valence-corrected chi connectivity index (χ1v) is 7.37. The zero-order valence-corrected chi connectivity index (χ0v) is 11.3. The molecule has 1 saturated heterocycles. The SMILES string of the molecule is CSc1ccc(C(=O)N2CCCC(CO)C2)cn1. The molecule has 1 aromatic heterocycles. The number of amides is 1. The number of aliphatic hydroxyl groups excluding tert-OH is 1. The van der Waals surface area contributed by atoms with Crippen LogP contribution in [0.15, 0.2) is 23.4 Å². The predicted octanol–water partition coefficient (Wildman–Crippen LogP) is 1.65. The van der Waals surface area contributed by atoms with Gasteiger partial charge in [-0.1, -0.05) is 0 Å². The zero-order chi connectivity index (χ0) is 13.0. The van der Waals surface area contributed by atoms with Crippen LogP contribution in [0.4, 0.5) is 0 Å². The van der Waals surface area contributed by atoms with Gasteiger partial charge in [0.15, 0.2) is 0 Å². The van der Waals surface area contributed by atoms with E-state index < -0.39 is 0 Å². The van der Waals surface area contributed by atoms with E-state index in [4.69, 9.17) is 0 Å². The van der Waals surface area contributed by atoms with Crippen LogP contribution in [0.25, 0.3) is 0 Å². The molecular formula is C13H18N2O2S. The van der Waals surface area contributed by atoms with E-state index in [1.165, 1.54) is 0 Å². The van der Waals surface area contributed by atoms with Gasteiger partial charge in [-0.25, -0.2) is 4.98 Å². The standard InChI is InChI=1S/C13H18N2O2S/c1-18-12-5-4-11(7-14-12)13(17)15-6-2-3-10(8-15)9-16/h4-5,7,10,16H,2-3,6,8-9H2,1H3. The summed E-state index contributed by atoms with van der Waals surface area (Å²) >= 11 is 1.56. The van der Waals surface area contributed by atoms with E-state index >= 15 is 0 Å². The van der Waals surface area contributed by atoms with Crippen LogP contribution in [0.2, 0.25) is 0 Å². The summed E-state index contributed by atoms with van der Waals surface area (Å²) < 4.78 is 0. The number of carbonyl (C=O) groups excluding carboxylic acids is 1. The quantitative estimate of drug-likeness (QED) is 0.845. The van der Waals surface area contributed by atoms with Gasteiger partial charge in [0.05, 0.1) is 10.6 Å². The molecule has 18 heavy (non-hydrogen) atoms. The molecule has 4 nitrogen and oxygen atoms in total. The number of nitrogens with zero attached hydrogens (tertiary/aromatic N) is 2. The lowest BCUT2D eigenvalue weighted by atomic mass is 9.98. The number of rotatable bonds is 3. The summed E-state index contributed by atoms with van der Waals surface area (Å²) in [5.41, 5.74) is 0.631. The van der Waals surface area contributed by atoms with E-state index in [1.807, 2.05) is 23.3 Å². The van der Waals surface area contributed by atoms with Gasteiger partial charge >= 0.3 is 0 Å². The number of pyridine rings is 1. The molecule has 1 unspecified atom stereocenters. The molecular weight excluding hydrogens is 248 g/mol. The molecule has 5 heteroatoms. The van der Waals surface area contributed by atoms with Crippen LogP contribution in [0.3, 0.4) is 0 Å². The van der Waals surface area contributed by atoms with Gasteiger partial charge in [-0.2, -0.15) is 0 Å². The molecule has 1 atom stereocenters. The molecule has 1 amide bonds. The largest absolute Gasteiger partial charge is 0.396 e. The second-order valence-electron chi connectivity index (χ2n) is 4.53. The average molecular weight is 266 g/mol. The Labute approximate surface area is 111 Å². The lowest BCUT2D eigenvalue weighted by molar-refractivity contribution is 0.0620. The highest BCUT2D eigenvalue weighted by Crippen LogP contribution is 2.18. The van der Waals surface area contributed by atoms with Crippen LogP contribution in [0, 0.1) is 5.92 Å². The normalized spacial score (nSPS) is 19.9. The van der Waals surface area contributed by atoms with Crippen molar-refractivity contribution in [1.29, 1.82) is 0 Å². The third kappa shape index (κ3) is 3.03. The van der Waals surface area contributed by atoms with Crippen LogP contribution in [-0.2, 0) is 0 Å². The fourth-order valence-corrected chi connectivity index (χ4v) is 2.57. The highest BCUT2D eigenvalue weighted by atomic mass is 32.2. The Balaban J connectivity index is 2.05. The summed E-state index contributed by atoms with van der Waals surface area (Å²) in [5, 5.41) is 10.1. The minimum absolute atomic E-state index is 0.0216. The Hall–Kier alpha value is -1.07. The summed E-state index contributed by atoms with van der Waals surface area (Å²) in [7, 11) is 0. The number of thioether (sulfide) groups is 1. The summed E-state index contributed by atoms with van der Waals surface area (Å²) in [4.78, 5) is 18.3. The van der Waals surface area contributed by atoms with E-state index in [2.05, 4.69) is 4.98 Å². The molecule has 0 bridgehead atoms. The number of carbonyl (C=O) groups is 1. The molecule has 2 rings (SSSR count). The van der Waals surface area contributed by atoms with Crippen molar-refractivity contribution in [3.05, 3.63) is 23.9 Å². The smallest absolute Gasteiger partial charge is 0.255 e. The van der Waals surface area contributed by atoms with Crippen LogP contribution in [0.1, 0.15) is 23.2 Å². The molecule has 1 N–H and O–H groups in total. The molecule has 0 radical (unpaired) electrons. The number of aliphatic hydroxyl groups is 1. The maximum absolute atomic E-state index is 12.3. The van der Waals surface area contributed by atoms with Crippen molar-refractivity contribution in [1.82, 2.24) is 9.88 Å². The van der Waals surface area contributed by atoms with Gasteiger partial charge in [0.2, 0.25) is 0 Å². The van der Waals surface area contributed by atoms with Crippen LogP contribution >= 0.6 is 11.8 Å². The van der Waals surface area contributed by atoms with Crippen LogP contribution < -0.4 is 0 Å². The first-order valence-electron chi connectivity index (χ1n) is 6.14. The van der Waals surface area contributed by atoms with Crippen molar-refractivity contribution in [2.75, 3.05) is 26.0 Å². The predicted molar refractivity (Wildman–Crippen MR) is 71.7 cm³/mol. The molecule has 0 aromatic carbocycles. The Bertz CT molecular complexity index is 408. The number of likely N-dealkylation sites (tertiary alicyclic amines) is 1. The van der Waals surface area contributed by atoms with E-state index in [9.17, 15) is 9.90 Å². The highest BCUT2D eigenvalue weighted by molar-refractivity contribution is 7.98. The molecule has 0 spiro atoms. The van der Waals surface area contributed by atoms with Gasteiger partial charge in [-0.3, -0.25) is 4.79 Å². The lowest BCUT2D eigenvalue weighted by Gasteiger charge is -2.31. The van der Waals surface area contributed by atoms with E-state index in [0.29, 0.717) is 12.1 Å². The second-order valence-corrected chi connectivity index (χ2v) is 5.36. The third-order valence-electron chi connectivity index (χ3n) is 3.26. The molecule has 0 saturated carbocycles. The first-order chi connectivity index (χ1) is 8.74. The monoisotopic (exact) mass is 266 g/mol. The lowest BCUT2D eigenvalue weighted by Crippen LogP contribution is -2.40. The Morgan fingerprint density at radius 2 is 2.44 bits per heavy atom. The molecule has 98 valence electrons. The van der Waals surface area contributed by atoms with E-state index in [-0.39, 0.29) is 18.4 Å². The van der Waals surface area contributed by atoms with Gasteiger partial charge in [0.1, 0.15) is 0 Å². The fourth-order valence-electron chi connectivity index (χ4n) is 2.21. The fraction of sp³-hybridized carbons (Fsp3) is 0.538. The third-order valence-corrected chi connectivity index (χ3v) is 3.92. The molecule has 2 heterocycles. The number of hydrogen-bond acceptors (Lipinski definition) is 4. The maximum Gasteiger partial charge on any atom is 0.255 e. The number of aromatic nitrogens is 1. The van der Waals surface area contributed by atoms with Crippen molar-refractivity contribution in [2.24, 2.45) is 5.92 Å². The van der Waals surface area contributed by atoms with Crippen molar-refractivity contribution < 1.29 is 9.90 Å². The van der Waals surface area contributed by atoms with Crippen LogP contribution in [-0.4, -0.2) is 46.8 Å². The zero-order valence-electron chi connectivity index (χ0n) is 10.5. The molecule has 0 aliphatic carbocycles. The van der Waals surface area contributed by atoms with Gasteiger partial charge in [0.25, 0.3) is 5.91 Å². The minimum atomic E-state index is 0.0216. The van der Waals surface area contributed by atoms with Gasteiger partial charge in [0, 0.05) is 25.9 Å². The molecule has 1 fully saturated rings. The summed E-state index contributed by atoms with van der Waals surface area (Å²) in [6.07, 6.45) is 5.56. The van der Waals surface area contributed by atoms with E-state index in [1.54, 1.807) is 18.0 Å². The number of piperidine rings is 1. The Kier molecular flexibility index (Phi) is 4.60. The highest BCUT2D eigenvalue weighted by Gasteiger charge is 2.24. The maximum atomic E-state index is 12.3. The van der Waals surface area contributed by atoms with Crippen molar-refractivity contribution >= 4 is 17.7 Å². The summed E-state index contributed by atoms with van der Waals surface area (Å²) in [6, 6.07) is 3.69. The molecule has 1 aromatic rings. The summed E-state index contributed by atoms with van der Waals surface area (Å²) in [5.74, 6) is 0.245. The van der Waals surface area contributed by atoms with Gasteiger partial charge in [-0.15, -0.1) is 11.8 Å². The second kappa shape index (κ2) is 6.20. The minimum Gasteiger partial charge on any atom is -0.396 e. The molecule has 1 aliphatic heterocycles. The van der Waals surface area contributed by atoms with Crippen LogP contribution in [0.5, 0.6) is 0 Å². The van der Waals surface area contributed by atoms with E-state index in [0.717, 1.165) is 24.4 Å². The Morgan fingerprint density at radius 3 is 3.06 bits per heavy atom. The summed E-state index contributed by atoms with van der Waals surface area (Å²) in [6.45, 7) is 1.59. The average Bonchev–Trinajstić information content (AvgIpc) is 2.46. The topological polar surface area (TPSA) is 53.4 Å². The molecule has 1 aliphatic rings. The number of hydrogen-bond donors (Lipinski definition) is 1. The van der Waals surface area contributed by atoms with Crippen molar-refractivity contribution in [3.8, 4) is 0 Å². The Morgan fingerprint density at radius 1 is 1.61 bits per heavy atom. The van der Waals surface area contributed by atoms with Gasteiger partial charge < -0.3 is 10.0 Å². The van der Waals surface area contributed by atoms with Crippen molar-refractivity contribution in [3.63, 3.8) is 0 Å². The first kappa shape index (κ1) is 13.4. The van der Waals surface area contributed by atoms with Crippen molar-refractivity contribution in [2.45, 2.75) is 17.9 Å².